The molecular formula is C10H9BrCl2O. The average molecular weight is 296 g/mol. The molecule has 1 aromatic rings. The fourth-order valence-corrected chi connectivity index (χ4v) is 2.26. The van der Waals surface area contributed by atoms with Crippen molar-refractivity contribution < 1.29 is 4.79 Å². The van der Waals surface area contributed by atoms with Crippen LogP contribution in [0, 0.1) is 0 Å². The molecule has 0 aliphatic heterocycles. The van der Waals surface area contributed by atoms with Crippen LogP contribution < -0.4 is 0 Å². The molecule has 76 valence electrons. The van der Waals surface area contributed by atoms with E-state index in [1.807, 2.05) is 0 Å². The molecule has 0 heterocycles. The van der Waals surface area contributed by atoms with Crippen LogP contribution in [-0.4, -0.2) is 11.2 Å². The van der Waals surface area contributed by atoms with Crippen LogP contribution in [0.15, 0.2) is 18.2 Å². The lowest BCUT2D eigenvalue weighted by molar-refractivity contribution is 0.0991. The maximum Gasteiger partial charge on any atom is 0.180 e. The minimum absolute atomic E-state index is 0.0939. The molecule has 0 fully saturated rings. The number of ketones is 1. The van der Waals surface area contributed by atoms with Gasteiger partial charge in [0.1, 0.15) is 0 Å². The Morgan fingerprint density at radius 3 is 2.71 bits per heavy atom. The maximum absolute atomic E-state index is 11.7. The van der Waals surface area contributed by atoms with E-state index in [4.69, 9.17) is 23.2 Å². The van der Waals surface area contributed by atoms with Crippen molar-refractivity contribution in [3.05, 3.63) is 34.3 Å². The molecule has 0 N–H and O–H groups in total. The minimum atomic E-state index is -0.522. The first-order valence-corrected chi connectivity index (χ1v) is 6.03. The van der Waals surface area contributed by atoms with E-state index in [0.29, 0.717) is 15.9 Å². The zero-order valence-electron chi connectivity index (χ0n) is 7.56. The van der Waals surface area contributed by atoms with Crippen molar-refractivity contribution in [2.24, 2.45) is 0 Å². The highest BCUT2D eigenvalue weighted by atomic mass is 79.9. The van der Waals surface area contributed by atoms with Crippen molar-refractivity contribution >= 4 is 44.9 Å². The fraction of sp³-hybridized carbons (Fsp3) is 0.300. The van der Waals surface area contributed by atoms with E-state index >= 15 is 0 Å². The van der Waals surface area contributed by atoms with Gasteiger partial charge in [0.15, 0.2) is 5.78 Å². The zero-order valence-corrected chi connectivity index (χ0v) is 10.7. The molecule has 1 nitrogen and oxygen atoms in total. The fourth-order valence-electron chi connectivity index (χ4n) is 1.14. The number of hydrogen-bond acceptors (Lipinski definition) is 1. The third-order valence-corrected chi connectivity index (χ3v) is 2.99. The Morgan fingerprint density at radius 1 is 1.57 bits per heavy atom. The van der Waals surface area contributed by atoms with Gasteiger partial charge >= 0.3 is 0 Å². The first-order chi connectivity index (χ1) is 6.57. The lowest BCUT2D eigenvalue weighted by atomic mass is 10.0. The SMILES string of the molecule is CC(Cl)C(=O)c1cccc(Cl)c1CBr. The Kier molecular flexibility index (Phi) is 4.42. The van der Waals surface area contributed by atoms with Crippen LogP contribution in [-0.2, 0) is 5.33 Å². The Hall–Kier alpha value is -0.0500. The predicted octanol–water partition coefficient (Wildman–Crippen LogP) is 4.04. The first-order valence-electron chi connectivity index (χ1n) is 4.09. The van der Waals surface area contributed by atoms with E-state index < -0.39 is 5.38 Å². The molecule has 0 radical (unpaired) electrons. The smallest absolute Gasteiger partial charge is 0.180 e. The summed E-state index contributed by atoms with van der Waals surface area (Å²) in [6.07, 6.45) is 0. The van der Waals surface area contributed by atoms with Gasteiger partial charge in [-0.25, -0.2) is 0 Å². The molecular weight excluding hydrogens is 287 g/mol. The molecule has 1 unspecified atom stereocenters. The monoisotopic (exact) mass is 294 g/mol. The van der Waals surface area contributed by atoms with Crippen LogP contribution in [0.5, 0.6) is 0 Å². The van der Waals surface area contributed by atoms with Crippen molar-refractivity contribution in [3.8, 4) is 0 Å². The Labute approximate surface area is 102 Å². The van der Waals surface area contributed by atoms with Gasteiger partial charge in [0.2, 0.25) is 0 Å². The second kappa shape index (κ2) is 5.15. The molecule has 0 amide bonds. The van der Waals surface area contributed by atoms with E-state index in [0.717, 1.165) is 5.56 Å². The number of halogens is 3. The molecule has 0 aliphatic carbocycles. The van der Waals surface area contributed by atoms with Gasteiger partial charge < -0.3 is 0 Å². The van der Waals surface area contributed by atoms with Crippen LogP contribution in [0.4, 0.5) is 0 Å². The van der Waals surface area contributed by atoms with Gasteiger partial charge in [-0.2, -0.15) is 0 Å². The number of carbonyl (C=O) groups is 1. The molecule has 1 aromatic carbocycles. The second-order valence-corrected chi connectivity index (χ2v) is 4.50. The Balaban J connectivity index is 3.20. The van der Waals surface area contributed by atoms with Gasteiger partial charge in [-0.05, 0) is 18.6 Å². The van der Waals surface area contributed by atoms with E-state index in [2.05, 4.69) is 15.9 Å². The summed E-state index contributed by atoms with van der Waals surface area (Å²) in [6.45, 7) is 1.66. The molecule has 4 heteroatoms. The third kappa shape index (κ3) is 2.50. The Morgan fingerprint density at radius 2 is 2.21 bits per heavy atom. The molecule has 1 atom stereocenters. The van der Waals surface area contributed by atoms with Crippen LogP contribution in [0.1, 0.15) is 22.8 Å². The van der Waals surface area contributed by atoms with Gasteiger partial charge in [0, 0.05) is 15.9 Å². The predicted molar refractivity (Wildman–Crippen MR) is 63.7 cm³/mol. The maximum atomic E-state index is 11.7. The number of benzene rings is 1. The summed E-state index contributed by atoms with van der Waals surface area (Å²) in [5.41, 5.74) is 1.39. The minimum Gasteiger partial charge on any atom is -0.293 e. The lowest BCUT2D eigenvalue weighted by Gasteiger charge is -2.08. The van der Waals surface area contributed by atoms with Crippen molar-refractivity contribution in [3.63, 3.8) is 0 Å². The van der Waals surface area contributed by atoms with Gasteiger partial charge in [0.25, 0.3) is 0 Å². The number of rotatable bonds is 3. The van der Waals surface area contributed by atoms with Crippen LogP contribution >= 0.6 is 39.1 Å². The van der Waals surface area contributed by atoms with Crippen LogP contribution in [0.25, 0.3) is 0 Å². The summed E-state index contributed by atoms with van der Waals surface area (Å²) < 4.78 is 0. The molecule has 14 heavy (non-hydrogen) atoms. The lowest BCUT2D eigenvalue weighted by Crippen LogP contribution is -2.12. The highest BCUT2D eigenvalue weighted by Gasteiger charge is 2.17. The zero-order chi connectivity index (χ0) is 10.7. The largest absolute Gasteiger partial charge is 0.293 e. The molecule has 0 saturated heterocycles. The van der Waals surface area contributed by atoms with Crippen LogP contribution in [0.3, 0.4) is 0 Å². The van der Waals surface area contributed by atoms with Crippen molar-refractivity contribution in [1.29, 1.82) is 0 Å². The second-order valence-electron chi connectivity index (χ2n) is 2.88. The van der Waals surface area contributed by atoms with Gasteiger partial charge in [-0.15, -0.1) is 11.6 Å². The van der Waals surface area contributed by atoms with Crippen molar-refractivity contribution in [2.75, 3.05) is 0 Å². The highest BCUT2D eigenvalue weighted by molar-refractivity contribution is 9.08. The van der Waals surface area contributed by atoms with Gasteiger partial charge in [-0.3, -0.25) is 4.79 Å². The van der Waals surface area contributed by atoms with E-state index in [1.54, 1.807) is 25.1 Å². The van der Waals surface area contributed by atoms with Crippen LogP contribution in [0.2, 0.25) is 5.02 Å². The summed E-state index contributed by atoms with van der Waals surface area (Å²) in [6, 6.07) is 5.25. The summed E-state index contributed by atoms with van der Waals surface area (Å²) in [5, 5.41) is 0.619. The molecule has 0 saturated carbocycles. The van der Waals surface area contributed by atoms with E-state index in [1.165, 1.54) is 0 Å². The summed E-state index contributed by atoms with van der Waals surface area (Å²) >= 11 is 15.0. The highest BCUT2D eigenvalue weighted by Crippen LogP contribution is 2.24. The molecule has 1 rings (SSSR count). The van der Waals surface area contributed by atoms with Crippen molar-refractivity contribution in [1.82, 2.24) is 0 Å². The summed E-state index contributed by atoms with van der Waals surface area (Å²) in [4.78, 5) is 11.7. The van der Waals surface area contributed by atoms with E-state index in [-0.39, 0.29) is 5.78 Å². The number of hydrogen-bond donors (Lipinski definition) is 0. The van der Waals surface area contributed by atoms with Crippen molar-refractivity contribution in [2.45, 2.75) is 17.6 Å². The normalized spacial score (nSPS) is 12.6. The van der Waals surface area contributed by atoms with Gasteiger partial charge in [0.05, 0.1) is 5.38 Å². The number of carbonyl (C=O) groups excluding carboxylic acids is 1. The number of alkyl halides is 2. The number of Topliss-reactive ketones (excluding diaryl/α,β-unsaturated/α-hetero) is 1. The molecule has 0 spiro atoms. The topological polar surface area (TPSA) is 17.1 Å². The molecule has 0 bridgehead atoms. The summed E-state index contributed by atoms with van der Waals surface area (Å²) in [7, 11) is 0. The third-order valence-electron chi connectivity index (χ3n) is 1.88. The molecule has 0 aliphatic rings. The van der Waals surface area contributed by atoms with Gasteiger partial charge in [-0.1, -0.05) is 39.7 Å². The standard InChI is InChI=1S/C10H9BrCl2O/c1-6(12)10(14)7-3-2-4-9(13)8(7)5-11/h2-4,6H,5H2,1H3. The Bertz CT molecular complexity index is 350. The quantitative estimate of drug-likeness (QED) is 0.607. The van der Waals surface area contributed by atoms with E-state index in [9.17, 15) is 4.79 Å². The summed E-state index contributed by atoms with van der Waals surface area (Å²) in [5.74, 6) is -0.0939. The average Bonchev–Trinajstić information content (AvgIpc) is 2.16. The first kappa shape index (κ1) is 12.0. The molecule has 0 aromatic heterocycles.